The molecule has 1 fully saturated rings. The van der Waals surface area contributed by atoms with Crippen molar-refractivity contribution in [2.24, 2.45) is 0 Å². The van der Waals surface area contributed by atoms with E-state index in [0.717, 1.165) is 39.1 Å². The maximum Gasteiger partial charge on any atom is 0.340 e. The molecule has 0 atom stereocenters. The highest BCUT2D eigenvalue weighted by Gasteiger charge is 2.33. The molecule has 34 nitrogen and oxygen atoms in total. The molecule has 0 bridgehead atoms. The molecule has 0 saturated carbocycles. The minimum Gasteiger partial charge on any atom is -0.461 e. The minimum absolute atomic E-state index is 0.0168. The number of carbonyl (C=O) groups is 7. The average molecular weight is 1420 g/mol. The van der Waals surface area contributed by atoms with Crippen LogP contribution in [0.1, 0.15) is 107 Å². The zero-order valence-corrected chi connectivity index (χ0v) is 58.6. The highest BCUT2D eigenvalue weighted by atomic mass is 16.7. The number of rotatable bonds is 31. The van der Waals surface area contributed by atoms with E-state index in [-0.39, 0.29) is 129 Å². The number of benzene rings is 3. The number of anilines is 3. The van der Waals surface area contributed by atoms with Crippen LogP contribution in [0.2, 0.25) is 0 Å². The summed E-state index contributed by atoms with van der Waals surface area (Å²) in [4.78, 5) is 159. The summed E-state index contributed by atoms with van der Waals surface area (Å²) in [6.45, 7) is 12.9. The number of aromatic amines is 3. The highest BCUT2D eigenvalue weighted by Crippen LogP contribution is 2.23. The van der Waals surface area contributed by atoms with Crippen molar-refractivity contribution in [3.05, 3.63) is 150 Å². The van der Waals surface area contributed by atoms with Gasteiger partial charge in [-0.05, 0) is 52.6 Å². The first-order valence-corrected chi connectivity index (χ1v) is 33.2. The van der Waals surface area contributed by atoms with Crippen molar-refractivity contribution < 1.29 is 66.8 Å². The fourth-order valence-corrected chi connectivity index (χ4v) is 10.0. The number of nitrogens with two attached hydrogens (primary N) is 3. The van der Waals surface area contributed by atoms with E-state index in [2.05, 4.69) is 63.9 Å². The maximum atomic E-state index is 12.6. The Labute approximate surface area is 589 Å². The van der Waals surface area contributed by atoms with Gasteiger partial charge in [0, 0.05) is 72.1 Å². The zero-order chi connectivity index (χ0) is 74.7. The van der Waals surface area contributed by atoms with Crippen LogP contribution in [0, 0.1) is 0 Å². The van der Waals surface area contributed by atoms with Crippen molar-refractivity contribution >= 4 is 92.1 Å². The number of imidazole rings is 3. The monoisotopic (exact) mass is 1420 g/mol. The van der Waals surface area contributed by atoms with E-state index in [1.54, 1.807) is 14.2 Å². The van der Waals surface area contributed by atoms with Crippen molar-refractivity contribution in [2.45, 2.75) is 112 Å². The van der Waals surface area contributed by atoms with Crippen LogP contribution in [0.5, 0.6) is 18.0 Å². The first-order valence-electron chi connectivity index (χ1n) is 33.2. The van der Waals surface area contributed by atoms with E-state index in [4.69, 9.17) is 50.5 Å². The molecular weight excluding hydrogens is 1340 g/mol. The van der Waals surface area contributed by atoms with E-state index in [0.29, 0.717) is 90.8 Å². The number of nitrogens with zero attached hydrogens (tertiary/aromatic N) is 11. The summed E-state index contributed by atoms with van der Waals surface area (Å²) < 4.78 is 35.5. The van der Waals surface area contributed by atoms with Crippen molar-refractivity contribution in [1.29, 1.82) is 0 Å². The van der Waals surface area contributed by atoms with E-state index < -0.39 is 29.9 Å². The molecule has 2 aliphatic heterocycles. The standard InChI is InChI=1S/C24H26N6O8.C24H26N6O6.C17H21N5O3.2C2H6/c1-36-10-11-37-23-27-21(25)20-22(28-23)29(24(35)26-20)13-15-4-2-14(3-5-15)6-7-16(31)12-19(34)38-30-17(32)8-9-18(30)33;1-35-12-13-36-23-27-21(25)20-22(28-23)30(24(34)26-20)14-16-4-2-15(3-5-16)6-7-17(31)10-11-29-18(32)8-9-19(29)33;1-3-11-4-6-12(7-5-11)10-22-15-13(19-17(22)23)14(18)20-16(21-15)25-9-8-24-2;2*1-2/h2-5H,6-13H2,1H3,(H,26,35)(H2,25,27,28);2-5,8-9H,6-7,10-14H2,1H3,(H,26,34)(H2,25,27,28);4-7H,3,8-10H2,1-2H3,(H,19,23)(H2,18,20,21);2*1-2H3. The Balaban J connectivity index is 0.000000215. The van der Waals surface area contributed by atoms with Crippen LogP contribution in [0.25, 0.3) is 33.5 Å². The van der Waals surface area contributed by atoms with Gasteiger partial charge in [0.15, 0.2) is 34.4 Å². The molecule has 11 rings (SSSR count). The van der Waals surface area contributed by atoms with Crippen molar-refractivity contribution in [3.8, 4) is 18.0 Å². The van der Waals surface area contributed by atoms with Gasteiger partial charge in [-0.2, -0.15) is 29.9 Å². The topological polar surface area (TPSA) is 459 Å². The molecule has 0 radical (unpaired) electrons. The van der Waals surface area contributed by atoms with Crippen molar-refractivity contribution in [3.63, 3.8) is 0 Å². The number of aromatic nitrogens is 12. The van der Waals surface area contributed by atoms with Gasteiger partial charge < -0.3 is 65.4 Å². The first-order chi connectivity index (χ1) is 49.7. The molecule has 0 aliphatic carbocycles. The third-order valence-electron chi connectivity index (χ3n) is 15.4. The largest absolute Gasteiger partial charge is 0.461 e. The van der Waals surface area contributed by atoms with Crippen LogP contribution >= 0.6 is 0 Å². The number of hydrogen-bond acceptors (Lipinski definition) is 26. The second-order valence-corrected chi connectivity index (χ2v) is 22.4. The third kappa shape index (κ3) is 21.6. The summed E-state index contributed by atoms with van der Waals surface area (Å²) in [5.41, 5.74) is 24.6. The highest BCUT2D eigenvalue weighted by molar-refractivity contribution is 6.13. The Morgan fingerprint density at radius 3 is 1.12 bits per heavy atom. The molecule has 0 spiro atoms. The number of hydrogen-bond donors (Lipinski definition) is 6. The van der Waals surface area contributed by atoms with Crippen LogP contribution in [-0.2, 0) is 91.5 Å². The van der Waals surface area contributed by atoms with Crippen LogP contribution in [-0.4, -0.2) is 177 Å². The SMILES string of the molecule is CC.CC.CCc1ccc(Cn2c(=O)[nH]c3c(N)nc(OCCOC)nc32)cc1.COCCOc1nc(N)c2[nH]c(=O)n(Cc3ccc(CCC(=O)CC(=O)ON4C(=O)CCC4=O)cc3)c2n1.COCCOc1nc(N)c2[nH]c(=O)n(Cc3ccc(CCC(=O)CCN4C(=O)C=CC4=O)cc3)c2n1. The normalized spacial score (nSPS) is 12.3. The predicted octanol–water partition coefficient (Wildman–Crippen LogP) is 4.26. The van der Waals surface area contributed by atoms with E-state index in [1.807, 2.05) is 88.4 Å². The number of Topliss-reactive ketones (excluding diaryl/α,β-unsaturated/α-hetero) is 2. The Bertz CT molecular complexity index is 4600. The number of aryl methyl sites for hydroxylation is 3. The second-order valence-electron chi connectivity index (χ2n) is 22.4. The van der Waals surface area contributed by atoms with E-state index in [9.17, 15) is 47.9 Å². The summed E-state index contributed by atoms with van der Waals surface area (Å²) in [6, 6.07) is 23.1. The van der Waals surface area contributed by atoms with Gasteiger partial charge >= 0.3 is 41.1 Å². The van der Waals surface area contributed by atoms with Gasteiger partial charge in [0.25, 0.3) is 23.6 Å². The Hall–Kier alpha value is -11.8. The lowest BCUT2D eigenvalue weighted by atomic mass is 10.0. The maximum absolute atomic E-state index is 12.6. The average Bonchev–Trinajstić information content (AvgIpc) is 1.66. The molecule has 8 heterocycles. The number of ether oxygens (including phenoxy) is 6. The quantitative estimate of drug-likeness (QED) is 0.0201. The number of carbonyl (C=O) groups excluding carboxylic acids is 7. The molecule has 9 N–H and O–H groups in total. The number of imide groups is 2. The van der Waals surface area contributed by atoms with Crippen LogP contribution in [0.3, 0.4) is 0 Å². The molecule has 2 aliphatic rings. The number of nitrogens with one attached hydrogen (secondary N) is 3. The lowest BCUT2D eigenvalue weighted by Crippen LogP contribution is -2.32. The van der Waals surface area contributed by atoms with Gasteiger partial charge in [-0.25, -0.2) is 19.2 Å². The van der Waals surface area contributed by atoms with Gasteiger partial charge in [-0.3, -0.25) is 47.4 Å². The third-order valence-corrected chi connectivity index (χ3v) is 15.4. The Kier molecular flexibility index (Phi) is 29.5. The molecule has 0 unspecified atom stereocenters. The van der Waals surface area contributed by atoms with Crippen LogP contribution in [0.4, 0.5) is 17.5 Å². The van der Waals surface area contributed by atoms with Gasteiger partial charge in [0.05, 0.1) is 39.5 Å². The first kappa shape index (κ1) is 78.6. The summed E-state index contributed by atoms with van der Waals surface area (Å²) >= 11 is 0. The van der Waals surface area contributed by atoms with Crippen LogP contribution in [0.15, 0.2) is 99.3 Å². The lowest BCUT2D eigenvalue weighted by molar-refractivity contribution is -0.197. The zero-order valence-electron chi connectivity index (χ0n) is 58.6. The number of methoxy groups -OCH3 is 3. The van der Waals surface area contributed by atoms with Crippen molar-refractivity contribution in [1.82, 2.24) is 68.5 Å². The second kappa shape index (κ2) is 38.7. The van der Waals surface area contributed by atoms with Crippen LogP contribution < -0.4 is 48.5 Å². The fraction of sp³-hybridized carbons (Fsp3) is 0.391. The number of fused-ring (bicyclic) bond motifs is 3. The Morgan fingerprint density at radius 2 is 0.777 bits per heavy atom. The summed E-state index contributed by atoms with van der Waals surface area (Å²) in [5, 5.41) is 0.420. The minimum atomic E-state index is -0.949. The number of H-pyrrole nitrogens is 3. The molecule has 9 aromatic rings. The number of nitrogen functional groups attached to an aromatic ring is 3. The predicted molar refractivity (Wildman–Crippen MR) is 377 cm³/mol. The molecule has 3 aromatic carbocycles. The molecule has 103 heavy (non-hydrogen) atoms. The molecule has 4 amide bonds. The molecule has 1 saturated heterocycles. The summed E-state index contributed by atoms with van der Waals surface area (Å²) in [5.74, 6) is -2.97. The Morgan fingerprint density at radius 1 is 0.447 bits per heavy atom. The molecule has 548 valence electrons. The molecular formula is C69H85N17O17. The smallest absolute Gasteiger partial charge is 0.340 e. The molecule has 34 heteroatoms. The lowest BCUT2D eigenvalue weighted by Gasteiger charge is -2.12. The van der Waals surface area contributed by atoms with Gasteiger partial charge in [0.1, 0.15) is 54.4 Å². The fourth-order valence-electron chi connectivity index (χ4n) is 10.0. The van der Waals surface area contributed by atoms with E-state index >= 15 is 0 Å². The van der Waals surface area contributed by atoms with Gasteiger partial charge in [0.2, 0.25) is 0 Å². The number of amides is 4. The summed E-state index contributed by atoms with van der Waals surface area (Å²) in [7, 11) is 4.67. The number of ketones is 2. The van der Waals surface area contributed by atoms with Gasteiger partial charge in [-0.15, -0.1) is 5.06 Å². The molecule has 6 aromatic heterocycles. The van der Waals surface area contributed by atoms with Crippen molar-refractivity contribution in [2.75, 3.05) is 84.7 Å². The van der Waals surface area contributed by atoms with E-state index in [1.165, 1.54) is 38.5 Å². The number of hydroxylamine groups is 2. The summed E-state index contributed by atoms with van der Waals surface area (Å²) in [6.07, 6.45) is 4.20. The van der Waals surface area contributed by atoms with Gasteiger partial charge in [-0.1, -0.05) is 107 Å².